The molecule has 0 unspecified atom stereocenters. The van der Waals surface area contributed by atoms with E-state index in [2.05, 4.69) is 6.07 Å². The van der Waals surface area contributed by atoms with Gasteiger partial charge in [-0.1, -0.05) is 11.6 Å². The fourth-order valence-electron chi connectivity index (χ4n) is 1.86. The molecule has 0 radical (unpaired) electrons. The molecule has 2 nitrogen and oxygen atoms in total. The first-order chi connectivity index (χ1) is 6.24. The second-order valence-electron chi connectivity index (χ2n) is 3.24. The Balaban J connectivity index is 2.67. The van der Waals surface area contributed by atoms with Gasteiger partial charge in [0.2, 0.25) is 0 Å². The maximum absolute atomic E-state index is 8.85. The number of nitrogens with zero attached hydrogens (tertiary/aromatic N) is 1. The maximum Gasteiger partial charge on any atom is 0.0994 e. The lowest BCUT2D eigenvalue weighted by atomic mass is 10.0. The van der Waals surface area contributed by atoms with Crippen LogP contribution in [0.1, 0.15) is 29.2 Å². The van der Waals surface area contributed by atoms with Crippen molar-refractivity contribution in [3.8, 4) is 6.07 Å². The second kappa shape index (κ2) is 3.02. The monoisotopic (exact) mass is 192 g/mol. The molecule has 0 aliphatic heterocycles. The number of rotatable bonds is 0. The molecule has 1 aromatic rings. The van der Waals surface area contributed by atoms with Crippen LogP contribution in [0, 0.1) is 11.3 Å². The van der Waals surface area contributed by atoms with Gasteiger partial charge < -0.3 is 5.73 Å². The molecule has 1 aromatic carbocycles. The summed E-state index contributed by atoms with van der Waals surface area (Å²) < 4.78 is 0. The minimum Gasteiger partial charge on any atom is -0.324 e. The number of benzene rings is 1. The zero-order valence-electron chi connectivity index (χ0n) is 7.05. The van der Waals surface area contributed by atoms with E-state index in [1.54, 1.807) is 12.1 Å². The number of nitriles is 1. The lowest BCUT2D eigenvalue weighted by Crippen LogP contribution is -2.06. The quantitative estimate of drug-likeness (QED) is 0.685. The molecular weight excluding hydrogens is 184 g/mol. The van der Waals surface area contributed by atoms with Gasteiger partial charge in [0.05, 0.1) is 11.6 Å². The molecule has 0 aromatic heterocycles. The fourth-order valence-corrected chi connectivity index (χ4v) is 2.17. The molecular formula is C10H9ClN2. The van der Waals surface area contributed by atoms with Gasteiger partial charge in [0.15, 0.2) is 0 Å². The molecule has 3 heteroatoms. The molecule has 0 fully saturated rings. The molecule has 1 aliphatic rings. The Morgan fingerprint density at radius 1 is 1.54 bits per heavy atom. The standard InChI is InChI=1S/C10H9ClN2/c11-8-3-1-6(5-12)7-2-4-9(13)10(7)8/h1,3,9H,2,4,13H2/t9-/m0/s1. The Bertz CT molecular complexity index is 393. The molecule has 2 N–H and O–H groups in total. The largest absolute Gasteiger partial charge is 0.324 e. The Morgan fingerprint density at radius 2 is 2.31 bits per heavy atom. The predicted molar refractivity (Wildman–Crippen MR) is 51.4 cm³/mol. The van der Waals surface area contributed by atoms with Crippen molar-refractivity contribution in [1.29, 1.82) is 5.26 Å². The Kier molecular flexibility index (Phi) is 1.99. The highest BCUT2D eigenvalue weighted by atomic mass is 35.5. The predicted octanol–water partition coefficient (Wildman–Crippen LogP) is 2.16. The van der Waals surface area contributed by atoms with Crippen LogP contribution in [-0.4, -0.2) is 0 Å². The van der Waals surface area contributed by atoms with Crippen LogP contribution in [0.2, 0.25) is 5.02 Å². The minimum absolute atomic E-state index is 0.01000. The first-order valence-corrected chi connectivity index (χ1v) is 4.59. The van der Waals surface area contributed by atoms with Crippen molar-refractivity contribution in [2.24, 2.45) is 5.73 Å². The molecule has 66 valence electrons. The third kappa shape index (κ3) is 1.21. The smallest absolute Gasteiger partial charge is 0.0994 e. The Hall–Kier alpha value is -1.04. The van der Waals surface area contributed by atoms with Crippen molar-refractivity contribution < 1.29 is 0 Å². The molecule has 0 heterocycles. The van der Waals surface area contributed by atoms with Gasteiger partial charge in [0.1, 0.15) is 0 Å². The van der Waals surface area contributed by atoms with E-state index in [4.69, 9.17) is 22.6 Å². The molecule has 0 saturated heterocycles. The van der Waals surface area contributed by atoms with Gasteiger partial charge in [-0.3, -0.25) is 0 Å². The summed E-state index contributed by atoms with van der Waals surface area (Å²) in [6.07, 6.45) is 1.77. The second-order valence-corrected chi connectivity index (χ2v) is 3.65. The highest BCUT2D eigenvalue weighted by molar-refractivity contribution is 6.31. The van der Waals surface area contributed by atoms with Crippen molar-refractivity contribution >= 4 is 11.6 Å². The molecule has 1 atom stereocenters. The molecule has 0 bridgehead atoms. The van der Waals surface area contributed by atoms with Gasteiger partial charge in [-0.2, -0.15) is 5.26 Å². The number of nitrogens with two attached hydrogens (primary N) is 1. The zero-order chi connectivity index (χ0) is 9.42. The number of hydrogen-bond donors (Lipinski definition) is 1. The fraction of sp³-hybridized carbons (Fsp3) is 0.300. The summed E-state index contributed by atoms with van der Waals surface area (Å²) in [5, 5.41) is 9.54. The van der Waals surface area contributed by atoms with E-state index in [0.29, 0.717) is 10.6 Å². The van der Waals surface area contributed by atoms with Crippen molar-refractivity contribution in [2.75, 3.05) is 0 Å². The van der Waals surface area contributed by atoms with Gasteiger partial charge in [-0.05, 0) is 36.1 Å². The van der Waals surface area contributed by atoms with E-state index in [1.165, 1.54) is 0 Å². The highest BCUT2D eigenvalue weighted by Gasteiger charge is 2.24. The summed E-state index contributed by atoms with van der Waals surface area (Å²) in [5.74, 6) is 0. The number of fused-ring (bicyclic) bond motifs is 1. The SMILES string of the molecule is N#Cc1ccc(Cl)c2c1CC[C@@H]2N. The summed E-state index contributed by atoms with van der Waals surface area (Å²) in [7, 11) is 0. The lowest BCUT2D eigenvalue weighted by Gasteiger charge is -2.07. The molecule has 0 saturated carbocycles. The lowest BCUT2D eigenvalue weighted by molar-refractivity contribution is 0.713. The third-order valence-corrected chi connectivity index (χ3v) is 2.83. The molecule has 0 amide bonds. The van der Waals surface area contributed by atoms with Crippen LogP contribution in [0.25, 0.3) is 0 Å². The van der Waals surface area contributed by atoms with E-state index in [9.17, 15) is 0 Å². The summed E-state index contributed by atoms with van der Waals surface area (Å²) in [5.41, 5.74) is 8.61. The van der Waals surface area contributed by atoms with E-state index in [0.717, 1.165) is 24.0 Å². The van der Waals surface area contributed by atoms with Gasteiger partial charge >= 0.3 is 0 Å². The summed E-state index contributed by atoms with van der Waals surface area (Å²) in [6.45, 7) is 0. The van der Waals surface area contributed by atoms with Crippen LogP contribution in [0.5, 0.6) is 0 Å². The van der Waals surface area contributed by atoms with Crippen LogP contribution >= 0.6 is 11.6 Å². The van der Waals surface area contributed by atoms with Crippen LogP contribution in [-0.2, 0) is 6.42 Å². The molecule has 2 rings (SSSR count). The Morgan fingerprint density at radius 3 is 3.00 bits per heavy atom. The van der Waals surface area contributed by atoms with E-state index >= 15 is 0 Å². The van der Waals surface area contributed by atoms with Crippen LogP contribution in [0.3, 0.4) is 0 Å². The maximum atomic E-state index is 8.85. The summed E-state index contributed by atoms with van der Waals surface area (Å²) in [6, 6.07) is 5.69. The first-order valence-electron chi connectivity index (χ1n) is 4.21. The summed E-state index contributed by atoms with van der Waals surface area (Å²) >= 11 is 6.00. The van der Waals surface area contributed by atoms with E-state index in [1.807, 2.05) is 0 Å². The molecule has 1 aliphatic carbocycles. The van der Waals surface area contributed by atoms with Crippen molar-refractivity contribution in [2.45, 2.75) is 18.9 Å². The summed E-state index contributed by atoms with van der Waals surface area (Å²) in [4.78, 5) is 0. The average molecular weight is 193 g/mol. The van der Waals surface area contributed by atoms with Crippen molar-refractivity contribution in [1.82, 2.24) is 0 Å². The van der Waals surface area contributed by atoms with E-state index < -0.39 is 0 Å². The van der Waals surface area contributed by atoms with Gasteiger partial charge in [-0.25, -0.2) is 0 Å². The van der Waals surface area contributed by atoms with Gasteiger partial charge in [0.25, 0.3) is 0 Å². The van der Waals surface area contributed by atoms with Crippen LogP contribution in [0.15, 0.2) is 12.1 Å². The van der Waals surface area contributed by atoms with E-state index in [-0.39, 0.29) is 6.04 Å². The Labute approximate surface area is 81.9 Å². The molecule has 13 heavy (non-hydrogen) atoms. The molecule has 0 spiro atoms. The average Bonchev–Trinajstić information content (AvgIpc) is 2.50. The number of halogens is 1. The topological polar surface area (TPSA) is 49.8 Å². The third-order valence-electron chi connectivity index (χ3n) is 2.50. The normalized spacial score (nSPS) is 19.6. The van der Waals surface area contributed by atoms with Gasteiger partial charge in [-0.15, -0.1) is 0 Å². The van der Waals surface area contributed by atoms with Crippen LogP contribution in [0.4, 0.5) is 0 Å². The van der Waals surface area contributed by atoms with Crippen LogP contribution < -0.4 is 5.73 Å². The highest BCUT2D eigenvalue weighted by Crippen LogP contribution is 2.36. The zero-order valence-corrected chi connectivity index (χ0v) is 7.80. The van der Waals surface area contributed by atoms with Crippen molar-refractivity contribution in [3.05, 3.63) is 33.8 Å². The van der Waals surface area contributed by atoms with Gasteiger partial charge in [0, 0.05) is 11.1 Å². The first kappa shape index (κ1) is 8.55. The van der Waals surface area contributed by atoms with Crippen molar-refractivity contribution in [3.63, 3.8) is 0 Å². The number of hydrogen-bond acceptors (Lipinski definition) is 2. The minimum atomic E-state index is 0.01000.